The van der Waals surface area contributed by atoms with E-state index in [9.17, 15) is 9.59 Å². The first-order valence-electron chi connectivity index (χ1n) is 12.4. The number of nitrogens with one attached hydrogen (secondary N) is 1. The number of anilines is 1. The number of aromatic nitrogens is 2. The maximum absolute atomic E-state index is 13.8. The normalized spacial score (nSPS) is 19.7. The molecule has 35 heavy (non-hydrogen) atoms. The van der Waals surface area contributed by atoms with Gasteiger partial charge in [-0.15, -0.1) is 0 Å². The van der Waals surface area contributed by atoms with E-state index >= 15 is 0 Å². The molecule has 2 aromatic carbocycles. The highest BCUT2D eigenvalue weighted by Crippen LogP contribution is 2.29. The Hall–Kier alpha value is -3.39. The quantitative estimate of drug-likeness (QED) is 0.591. The van der Waals surface area contributed by atoms with Gasteiger partial charge in [0.1, 0.15) is 18.1 Å². The summed E-state index contributed by atoms with van der Waals surface area (Å²) in [7, 11) is 1.60. The Kier molecular flexibility index (Phi) is 6.47. The summed E-state index contributed by atoms with van der Waals surface area (Å²) in [6, 6.07) is 13.9. The van der Waals surface area contributed by atoms with Crippen LogP contribution in [-0.4, -0.2) is 65.7 Å². The summed E-state index contributed by atoms with van der Waals surface area (Å²) in [4.78, 5) is 36.4. The highest BCUT2D eigenvalue weighted by Gasteiger charge is 2.29. The van der Waals surface area contributed by atoms with Crippen LogP contribution in [0.3, 0.4) is 0 Å². The Morgan fingerprint density at radius 3 is 2.66 bits per heavy atom. The Balaban J connectivity index is 1.62. The van der Waals surface area contributed by atoms with Gasteiger partial charge in [-0.2, -0.15) is 0 Å². The molecular weight excluding hydrogens is 442 g/mol. The van der Waals surface area contributed by atoms with Crippen molar-refractivity contribution in [2.24, 2.45) is 0 Å². The standard InChI is InChI=1S/C27H33N5O3/c1-18(2)28-25(33)17-32-26(19-5-4-6-22(15-19)35-3)29-24-8-7-21(16-23(24)27(32)34)31-14-13-30-11-9-20(31)10-12-30/h4-8,15-16,18,20H,9-14,17H2,1-3H3,(H,28,33). The maximum atomic E-state index is 13.8. The molecule has 3 aliphatic rings. The molecule has 0 aliphatic carbocycles. The number of methoxy groups -OCH3 is 1. The van der Waals surface area contributed by atoms with Crippen molar-refractivity contribution in [2.45, 2.75) is 45.3 Å². The number of nitrogens with zero attached hydrogens (tertiary/aromatic N) is 4. The number of rotatable bonds is 6. The van der Waals surface area contributed by atoms with Crippen LogP contribution >= 0.6 is 0 Å². The van der Waals surface area contributed by atoms with Crippen LogP contribution in [0, 0.1) is 0 Å². The van der Waals surface area contributed by atoms with E-state index in [1.54, 1.807) is 7.11 Å². The fourth-order valence-corrected chi connectivity index (χ4v) is 5.25. The predicted octanol–water partition coefficient (Wildman–Crippen LogP) is 2.88. The second-order valence-electron chi connectivity index (χ2n) is 9.75. The minimum Gasteiger partial charge on any atom is -0.497 e. The molecule has 1 N–H and O–H groups in total. The monoisotopic (exact) mass is 475 g/mol. The number of hydrogen-bond donors (Lipinski definition) is 1. The largest absolute Gasteiger partial charge is 0.497 e. The van der Waals surface area contributed by atoms with E-state index < -0.39 is 0 Å². The van der Waals surface area contributed by atoms with Crippen LogP contribution in [0.25, 0.3) is 22.3 Å². The first-order valence-corrected chi connectivity index (χ1v) is 12.4. The molecule has 0 radical (unpaired) electrons. The maximum Gasteiger partial charge on any atom is 0.262 e. The van der Waals surface area contributed by atoms with Gasteiger partial charge in [-0.25, -0.2) is 4.98 Å². The summed E-state index contributed by atoms with van der Waals surface area (Å²) in [5, 5.41) is 3.42. The number of fused-ring (bicyclic) bond motifs is 5. The Labute approximate surface area is 205 Å². The van der Waals surface area contributed by atoms with Crippen molar-refractivity contribution >= 4 is 22.5 Å². The van der Waals surface area contributed by atoms with Gasteiger partial charge in [0.15, 0.2) is 0 Å². The lowest BCUT2D eigenvalue weighted by Gasteiger charge is -2.33. The minimum atomic E-state index is -0.220. The summed E-state index contributed by atoms with van der Waals surface area (Å²) in [5.41, 5.74) is 2.19. The number of hydrogen-bond acceptors (Lipinski definition) is 6. The molecule has 0 spiro atoms. The molecule has 8 nitrogen and oxygen atoms in total. The van der Waals surface area contributed by atoms with Crippen molar-refractivity contribution < 1.29 is 9.53 Å². The van der Waals surface area contributed by atoms with Crippen LogP contribution in [0.15, 0.2) is 47.3 Å². The Morgan fingerprint density at radius 2 is 1.91 bits per heavy atom. The summed E-state index contributed by atoms with van der Waals surface area (Å²) in [5.74, 6) is 0.897. The topological polar surface area (TPSA) is 79.7 Å². The van der Waals surface area contributed by atoms with Crippen molar-refractivity contribution in [1.82, 2.24) is 19.8 Å². The lowest BCUT2D eigenvalue weighted by molar-refractivity contribution is -0.122. The molecule has 184 valence electrons. The van der Waals surface area contributed by atoms with Crippen molar-refractivity contribution in [1.29, 1.82) is 0 Å². The third kappa shape index (κ3) is 4.75. The van der Waals surface area contributed by atoms with Gasteiger partial charge in [0.05, 0.1) is 18.0 Å². The fraction of sp³-hybridized carbons (Fsp3) is 0.444. The van der Waals surface area contributed by atoms with E-state index in [2.05, 4.69) is 21.2 Å². The molecule has 8 heteroatoms. The molecule has 6 rings (SSSR count). The average Bonchev–Trinajstić information content (AvgIpc) is 3.19. The van der Waals surface area contributed by atoms with Crippen LogP contribution in [0.2, 0.25) is 0 Å². The second-order valence-corrected chi connectivity index (χ2v) is 9.75. The van der Waals surface area contributed by atoms with E-state index in [-0.39, 0.29) is 24.1 Å². The van der Waals surface area contributed by atoms with E-state index in [0.29, 0.717) is 28.5 Å². The SMILES string of the molecule is COc1cccc(-c2nc3ccc(N4CCN5CCC4CC5)cc3c(=O)n2CC(=O)NC(C)C)c1. The van der Waals surface area contributed by atoms with Crippen LogP contribution in [0.4, 0.5) is 5.69 Å². The van der Waals surface area contributed by atoms with Crippen LogP contribution in [0.5, 0.6) is 5.75 Å². The molecule has 3 fully saturated rings. The number of carbonyl (C=O) groups is 1. The van der Waals surface area contributed by atoms with Gasteiger partial charge >= 0.3 is 0 Å². The molecule has 4 heterocycles. The summed E-state index contributed by atoms with van der Waals surface area (Å²) in [6.07, 6.45) is 2.29. The van der Waals surface area contributed by atoms with Gasteiger partial charge in [0.25, 0.3) is 5.56 Å². The zero-order valence-electron chi connectivity index (χ0n) is 20.7. The summed E-state index contributed by atoms with van der Waals surface area (Å²) in [6.45, 7) is 7.98. The van der Waals surface area contributed by atoms with Crippen LogP contribution < -0.4 is 20.5 Å². The van der Waals surface area contributed by atoms with Crippen molar-refractivity contribution in [3.63, 3.8) is 0 Å². The zero-order chi connectivity index (χ0) is 24.5. The van der Waals surface area contributed by atoms with Crippen molar-refractivity contribution in [3.8, 4) is 17.1 Å². The third-order valence-electron chi connectivity index (χ3n) is 7.00. The van der Waals surface area contributed by atoms with E-state index in [0.717, 1.165) is 50.3 Å². The lowest BCUT2D eigenvalue weighted by atomic mass is 10.0. The minimum absolute atomic E-state index is 0.0208. The third-order valence-corrected chi connectivity index (χ3v) is 7.00. The first-order chi connectivity index (χ1) is 16.9. The van der Waals surface area contributed by atoms with E-state index in [4.69, 9.17) is 9.72 Å². The highest BCUT2D eigenvalue weighted by molar-refractivity contribution is 5.85. The van der Waals surface area contributed by atoms with Crippen molar-refractivity contribution in [3.05, 3.63) is 52.8 Å². The fourth-order valence-electron chi connectivity index (χ4n) is 5.25. The van der Waals surface area contributed by atoms with Gasteiger partial charge in [-0.3, -0.25) is 14.2 Å². The molecule has 3 aliphatic heterocycles. The number of benzene rings is 2. The molecule has 0 unspecified atom stereocenters. The average molecular weight is 476 g/mol. The lowest BCUT2D eigenvalue weighted by Crippen LogP contribution is -2.38. The molecular formula is C27H33N5O3. The molecule has 3 aromatic rings. The number of amides is 1. The van der Waals surface area contributed by atoms with Gasteiger partial charge in [-0.1, -0.05) is 12.1 Å². The summed E-state index contributed by atoms with van der Waals surface area (Å²) < 4.78 is 6.87. The molecule has 3 saturated heterocycles. The number of ether oxygens (including phenoxy) is 1. The molecule has 1 amide bonds. The van der Waals surface area contributed by atoms with Crippen molar-refractivity contribution in [2.75, 3.05) is 38.2 Å². The van der Waals surface area contributed by atoms with Gasteiger partial charge in [0.2, 0.25) is 5.91 Å². The smallest absolute Gasteiger partial charge is 0.262 e. The molecule has 0 saturated carbocycles. The highest BCUT2D eigenvalue weighted by atomic mass is 16.5. The van der Waals surface area contributed by atoms with Crippen LogP contribution in [-0.2, 0) is 11.3 Å². The number of carbonyl (C=O) groups excluding carboxylic acids is 1. The Bertz CT molecular complexity index is 1290. The molecule has 0 atom stereocenters. The van der Waals surface area contributed by atoms with Gasteiger partial charge in [-0.05, 0) is 57.0 Å². The molecule has 1 aromatic heterocycles. The Morgan fingerprint density at radius 1 is 1.11 bits per heavy atom. The van der Waals surface area contributed by atoms with Gasteiger partial charge in [0, 0.05) is 49.5 Å². The number of piperidine rings is 1. The second kappa shape index (κ2) is 9.70. The first kappa shape index (κ1) is 23.4. The zero-order valence-corrected chi connectivity index (χ0v) is 20.7. The molecule has 2 bridgehead atoms. The summed E-state index contributed by atoms with van der Waals surface area (Å²) >= 11 is 0. The van der Waals surface area contributed by atoms with Crippen LogP contribution in [0.1, 0.15) is 26.7 Å². The van der Waals surface area contributed by atoms with E-state index in [1.807, 2.05) is 50.2 Å². The van der Waals surface area contributed by atoms with Gasteiger partial charge < -0.3 is 19.9 Å². The van der Waals surface area contributed by atoms with E-state index in [1.165, 1.54) is 4.57 Å². The predicted molar refractivity (Wildman–Crippen MR) is 138 cm³/mol.